The van der Waals surface area contributed by atoms with Gasteiger partial charge in [0.15, 0.2) is 0 Å². The van der Waals surface area contributed by atoms with E-state index in [0.29, 0.717) is 18.4 Å². The van der Waals surface area contributed by atoms with Crippen molar-refractivity contribution in [3.8, 4) is 0 Å². The number of hydrogen-bond acceptors (Lipinski definition) is 2. The molecule has 0 aromatic rings. The van der Waals surface area contributed by atoms with Gasteiger partial charge in [0.2, 0.25) is 5.91 Å². The van der Waals surface area contributed by atoms with E-state index in [4.69, 9.17) is 5.11 Å². The number of carboxylic acid groups (broad SMARTS) is 1. The summed E-state index contributed by atoms with van der Waals surface area (Å²) in [6.07, 6.45) is 1.43. The molecule has 0 spiro atoms. The maximum Gasteiger partial charge on any atom is 0.303 e. The molecule has 0 radical (unpaired) electrons. The van der Waals surface area contributed by atoms with Gasteiger partial charge in [-0.3, -0.25) is 9.59 Å². The third kappa shape index (κ3) is 3.77. The van der Waals surface area contributed by atoms with Gasteiger partial charge >= 0.3 is 5.97 Å². The molecule has 0 bridgehead atoms. The summed E-state index contributed by atoms with van der Waals surface area (Å²) in [6.45, 7) is 3.87. The van der Waals surface area contributed by atoms with Gasteiger partial charge in [0.05, 0.1) is 0 Å². The van der Waals surface area contributed by atoms with Gasteiger partial charge in [-0.2, -0.15) is 0 Å². The Morgan fingerprint density at radius 2 is 2.07 bits per heavy atom. The first-order chi connectivity index (χ1) is 6.49. The molecule has 4 heteroatoms. The van der Waals surface area contributed by atoms with Crippen molar-refractivity contribution in [2.75, 3.05) is 0 Å². The molecule has 80 valence electrons. The van der Waals surface area contributed by atoms with Crippen molar-refractivity contribution in [1.82, 2.24) is 5.32 Å². The second kappa shape index (κ2) is 4.44. The van der Waals surface area contributed by atoms with Crippen molar-refractivity contribution < 1.29 is 14.7 Å². The van der Waals surface area contributed by atoms with Gasteiger partial charge in [-0.15, -0.1) is 0 Å². The van der Waals surface area contributed by atoms with Crippen LogP contribution >= 0.6 is 0 Å². The Hall–Kier alpha value is -1.06. The number of carboxylic acids is 1. The fourth-order valence-electron chi connectivity index (χ4n) is 1.48. The molecule has 0 saturated heterocycles. The number of rotatable bonds is 5. The maximum atomic E-state index is 11.3. The zero-order valence-corrected chi connectivity index (χ0v) is 8.62. The molecule has 0 aromatic carbocycles. The Morgan fingerprint density at radius 1 is 1.50 bits per heavy atom. The number of nitrogens with one attached hydrogen (secondary N) is 1. The Labute approximate surface area is 83.7 Å². The molecule has 1 aliphatic rings. The number of hydrogen-bond donors (Lipinski definition) is 2. The van der Waals surface area contributed by atoms with Gasteiger partial charge < -0.3 is 10.4 Å². The van der Waals surface area contributed by atoms with Crippen LogP contribution in [0.4, 0.5) is 0 Å². The van der Waals surface area contributed by atoms with E-state index in [-0.39, 0.29) is 18.2 Å². The van der Waals surface area contributed by atoms with Crippen molar-refractivity contribution in [3.63, 3.8) is 0 Å². The molecular weight excluding hydrogens is 182 g/mol. The average Bonchev–Trinajstić information content (AvgIpc) is 2.62. The Morgan fingerprint density at radius 3 is 2.50 bits per heavy atom. The van der Waals surface area contributed by atoms with Crippen molar-refractivity contribution in [1.29, 1.82) is 0 Å². The van der Waals surface area contributed by atoms with Crippen molar-refractivity contribution in [3.05, 3.63) is 0 Å². The maximum absolute atomic E-state index is 11.3. The lowest BCUT2D eigenvalue weighted by atomic mass is 10.0. The zero-order chi connectivity index (χ0) is 10.7. The van der Waals surface area contributed by atoms with Crippen LogP contribution in [-0.2, 0) is 9.59 Å². The minimum Gasteiger partial charge on any atom is -0.481 e. The van der Waals surface area contributed by atoms with E-state index in [9.17, 15) is 9.59 Å². The summed E-state index contributed by atoms with van der Waals surface area (Å²) in [6, 6.07) is 0.333. The fraction of sp³-hybridized carbons (Fsp3) is 0.800. The SMILES string of the molecule is CC(CC(=O)O)CC(=O)NC1CC1C. The summed E-state index contributed by atoms with van der Waals surface area (Å²) in [5, 5.41) is 11.4. The summed E-state index contributed by atoms with van der Waals surface area (Å²) in [4.78, 5) is 21.7. The van der Waals surface area contributed by atoms with Crippen LogP contribution in [-0.4, -0.2) is 23.0 Å². The second-order valence-corrected chi connectivity index (χ2v) is 4.29. The van der Waals surface area contributed by atoms with Crippen LogP contribution < -0.4 is 5.32 Å². The normalized spacial score (nSPS) is 26.7. The van der Waals surface area contributed by atoms with Crippen LogP contribution in [0.1, 0.15) is 33.1 Å². The first kappa shape index (κ1) is 11.0. The Kier molecular flexibility index (Phi) is 3.49. The van der Waals surface area contributed by atoms with Crippen molar-refractivity contribution in [2.24, 2.45) is 11.8 Å². The molecule has 1 aliphatic carbocycles. The van der Waals surface area contributed by atoms with Gasteiger partial charge in [0.1, 0.15) is 0 Å². The van der Waals surface area contributed by atoms with Gasteiger partial charge in [0, 0.05) is 18.9 Å². The molecule has 4 nitrogen and oxygen atoms in total. The van der Waals surface area contributed by atoms with Crippen LogP contribution in [0.25, 0.3) is 0 Å². The Bertz CT molecular complexity index is 240. The van der Waals surface area contributed by atoms with Crippen LogP contribution in [0.2, 0.25) is 0 Å². The van der Waals surface area contributed by atoms with Crippen LogP contribution in [0, 0.1) is 11.8 Å². The smallest absolute Gasteiger partial charge is 0.303 e. The molecular formula is C10H17NO3. The quantitative estimate of drug-likeness (QED) is 0.694. The lowest BCUT2D eigenvalue weighted by molar-refractivity contribution is -0.138. The molecule has 14 heavy (non-hydrogen) atoms. The number of aliphatic carboxylic acids is 1. The first-order valence-electron chi connectivity index (χ1n) is 5.00. The number of amides is 1. The van der Waals surface area contributed by atoms with E-state index in [1.807, 2.05) is 0 Å². The van der Waals surface area contributed by atoms with Crippen molar-refractivity contribution >= 4 is 11.9 Å². The lowest BCUT2D eigenvalue weighted by Gasteiger charge is -2.08. The van der Waals surface area contributed by atoms with Crippen LogP contribution in [0.3, 0.4) is 0 Å². The summed E-state index contributed by atoms with van der Waals surface area (Å²) >= 11 is 0. The highest BCUT2D eigenvalue weighted by Crippen LogP contribution is 2.29. The molecule has 2 N–H and O–H groups in total. The lowest BCUT2D eigenvalue weighted by Crippen LogP contribution is -2.28. The van der Waals surface area contributed by atoms with E-state index >= 15 is 0 Å². The molecule has 1 fully saturated rings. The molecule has 0 aromatic heterocycles. The summed E-state index contributed by atoms with van der Waals surface area (Å²) < 4.78 is 0. The second-order valence-electron chi connectivity index (χ2n) is 4.29. The minimum absolute atomic E-state index is 0.0203. The van der Waals surface area contributed by atoms with E-state index in [1.165, 1.54) is 0 Å². The molecule has 0 heterocycles. The first-order valence-corrected chi connectivity index (χ1v) is 5.00. The van der Waals surface area contributed by atoms with Gasteiger partial charge in [-0.05, 0) is 18.3 Å². The predicted octanol–water partition coefficient (Wildman–Crippen LogP) is 1.01. The molecule has 3 unspecified atom stereocenters. The van der Waals surface area contributed by atoms with Gasteiger partial charge in [0.25, 0.3) is 0 Å². The number of carbonyl (C=O) groups excluding carboxylic acids is 1. The third-order valence-electron chi connectivity index (χ3n) is 2.51. The van der Waals surface area contributed by atoms with E-state index < -0.39 is 5.97 Å². The zero-order valence-electron chi connectivity index (χ0n) is 8.62. The van der Waals surface area contributed by atoms with Crippen LogP contribution in [0.15, 0.2) is 0 Å². The highest BCUT2D eigenvalue weighted by Gasteiger charge is 2.33. The minimum atomic E-state index is -0.843. The number of carbonyl (C=O) groups is 2. The van der Waals surface area contributed by atoms with E-state index in [0.717, 1.165) is 6.42 Å². The van der Waals surface area contributed by atoms with E-state index in [2.05, 4.69) is 12.2 Å². The molecule has 1 amide bonds. The summed E-state index contributed by atoms with van der Waals surface area (Å²) in [5.41, 5.74) is 0. The molecule has 3 atom stereocenters. The monoisotopic (exact) mass is 199 g/mol. The topological polar surface area (TPSA) is 66.4 Å². The standard InChI is InChI=1S/C10H17NO3/c1-6(4-10(13)14)3-9(12)11-8-5-7(8)2/h6-8H,3-5H2,1-2H3,(H,11,12)(H,13,14). The Balaban J connectivity index is 2.16. The highest BCUT2D eigenvalue weighted by atomic mass is 16.4. The van der Waals surface area contributed by atoms with Crippen LogP contribution in [0.5, 0.6) is 0 Å². The van der Waals surface area contributed by atoms with Gasteiger partial charge in [-0.1, -0.05) is 13.8 Å². The summed E-state index contributed by atoms with van der Waals surface area (Å²) in [5.74, 6) is -0.353. The third-order valence-corrected chi connectivity index (χ3v) is 2.51. The van der Waals surface area contributed by atoms with Gasteiger partial charge in [-0.25, -0.2) is 0 Å². The average molecular weight is 199 g/mol. The largest absolute Gasteiger partial charge is 0.481 e. The van der Waals surface area contributed by atoms with E-state index in [1.54, 1.807) is 6.92 Å². The molecule has 1 rings (SSSR count). The predicted molar refractivity (Wildman–Crippen MR) is 51.7 cm³/mol. The fourth-order valence-corrected chi connectivity index (χ4v) is 1.48. The van der Waals surface area contributed by atoms with Crippen molar-refractivity contribution in [2.45, 2.75) is 39.2 Å². The molecule has 1 saturated carbocycles. The summed E-state index contributed by atoms with van der Waals surface area (Å²) in [7, 11) is 0. The highest BCUT2D eigenvalue weighted by molar-refractivity contribution is 5.77. The molecule has 0 aliphatic heterocycles.